The highest BCUT2D eigenvalue weighted by atomic mass is 32.1. The minimum atomic E-state index is -0.459. The maximum atomic E-state index is 5.97. The van der Waals surface area contributed by atoms with Gasteiger partial charge in [-0.05, 0) is 43.7 Å². The molecule has 1 aliphatic heterocycles. The summed E-state index contributed by atoms with van der Waals surface area (Å²) in [5.74, 6) is 0.596. The first-order valence-corrected chi connectivity index (χ1v) is 12.4. The maximum absolute atomic E-state index is 5.97. The Kier molecular flexibility index (Phi) is 6.40. The van der Waals surface area contributed by atoms with E-state index in [2.05, 4.69) is 69.4 Å². The number of nitrogens with two attached hydrogens (primary N) is 1. The van der Waals surface area contributed by atoms with E-state index in [1.807, 2.05) is 6.20 Å². The van der Waals surface area contributed by atoms with Crippen LogP contribution < -0.4 is 10.6 Å². The Bertz CT molecular complexity index is 1050. The zero-order chi connectivity index (χ0) is 22.1. The number of aromatic nitrogens is 3. The number of benzene rings is 1. The van der Waals surface area contributed by atoms with Gasteiger partial charge in [0.25, 0.3) is 0 Å². The standard InChI is InChI=1S/C25H34N6S/c1-29-11-13-30(14-12-29)20-9-7-18(8-10-20)15-22-16-19-17-27-24(23(26)32)28-25(19)31(22)21-5-3-2-4-6-21/h7-10,16-17,21,23,32H,2-6,11-15,26H2,1H3/t23-/m1/s1. The number of thiol groups is 1. The Balaban J connectivity index is 1.44. The van der Waals surface area contributed by atoms with E-state index in [1.54, 1.807) is 0 Å². The number of anilines is 1. The molecule has 0 amide bonds. The molecule has 0 spiro atoms. The molecule has 7 heteroatoms. The van der Waals surface area contributed by atoms with Crippen LogP contribution in [0.1, 0.15) is 60.6 Å². The average Bonchev–Trinajstić information content (AvgIpc) is 3.17. The zero-order valence-electron chi connectivity index (χ0n) is 19.0. The predicted octanol–water partition coefficient (Wildman–Crippen LogP) is 4.17. The van der Waals surface area contributed by atoms with E-state index in [4.69, 9.17) is 10.7 Å². The van der Waals surface area contributed by atoms with Gasteiger partial charge in [-0.3, -0.25) is 0 Å². The molecule has 0 unspecified atom stereocenters. The van der Waals surface area contributed by atoms with Crippen LogP contribution in [0.2, 0.25) is 0 Å². The summed E-state index contributed by atoms with van der Waals surface area (Å²) in [6, 6.07) is 11.9. The number of hydrogen-bond acceptors (Lipinski definition) is 6. The Morgan fingerprint density at radius 1 is 1.06 bits per heavy atom. The van der Waals surface area contributed by atoms with Crippen LogP contribution in [0.15, 0.2) is 36.5 Å². The second-order valence-electron chi connectivity index (χ2n) is 9.38. The summed E-state index contributed by atoms with van der Waals surface area (Å²) in [6.45, 7) is 4.45. The molecule has 5 rings (SSSR count). The third-order valence-corrected chi connectivity index (χ3v) is 7.30. The zero-order valence-corrected chi connectivity index (χ0v) is 19.8. The molecule has 32 heavy (non-hydrogen) atoms. The number of fused-ring (bicyclic) bond motifs is 1. The predicted molar refractivity (Wildman–Crippen MR) is 135 cm³/mol. The van der Waals surface area contributed by atoms with Crippen LogP contribution in [-0.4, -0.2) is 52.7 Å². The van der Waals surface area contributed by atoms with Crippen molar-refractivity contribution in [1.82, 2.24) is 19.4 Å². The summed E-state index contributed by atoms with van der Waals surface area (Å²) in [6.07, 6.45) is 9.14. The van der Waals surface area contributed by atoms with Crippen LogP contribution in [0.4, 0.5) is 5.69 Å². The van der Waals surface area contributed by atoms with Gasteiger partial charge in [0.15, 0.2) is 5.82 Å². The van der Waals surface area contributed by atoms with E-state index in [-0.39, 0.29) is 0 Å². The molecule has 3 heterocycles. The van der Waals surface area contributed by atoms with E-state index in [1.165, 1.54) is 49.0 Å². The molecule has 1 saturated carbocycles. The normalized spacial score (nSPS) is 19.5. The molecule has 1 aromatic carbocycles. The van der Waals surface area contributed by atoms with Gasteiger partial charge in [0.05, 0.1) is 0 Å². The summed E-state index contributed by atoms with van der Waals surface area (Å²) in [4.78, 5) is 14.2. The number of piperazine rings is 1. The van der Waals surface area contributed by atoms with Gasteiger partial charge in [0.2, 0.25) is 0 Å². The number of rotatable bonds is 5. The van der Waals surface area contributed by atoms with Crippen molar-refractivity contribution in [3.8, 4) is 0 Å². The Hall–Kier alpha value is -2.09. The van der Waals surface area contributed by atoms with Crippen molar-refractivity contribution in [1.29, 1.82) is 0 Å². The maximum Gasteiger partial charge on any atom is 0.157 e. The quantitative estimate of drug-likeness (QED) is 0.451. The lowest BCUT2D eigenvalue weighted by atomic mass is 9.95. The molecule has 1 aliphatic carbocycles. The lowest BCUT2D eigenvalue weighted by Gasteiger charge is -2.34. The van der Waals surface area contributed by atoms with E-state index < -0.39 is 5.37 Å². The van der Waals surface area contributed by atoms with Crippen molar-refractivity contribution >= 4 is 29.3 Å². The van der Waals surface area contributed by atoms with Crippen molar-refractivity contribution in [3.63, 3.8) is 0 Å². The van der Waals surface area contributed by atoms with Gasteiger partial charge in [-0.15, -0.1) is 0 Å². The van der Waals surface area contributed by atoms with Gasteiger partial charge >= 0.3 is 0 Å². The lowest BCUT2D eigenvalue weighted by molar-refractivity contribution is 0.313. The monoisotopic (exact) mass is 450 g/mol. The summed E-state index contributed by atoms with van der Waals surface area (Å²) in [5, 5.41) is 0.636. The van der Waals surface area contributed by atoms with Gasteiger partial charge in [-0.25, -0.2) is 9.97 Å². The highest BCUT2D eigenvalue weighted by Gasteiger charge is 2.22. The Morgan fingerprint density at radius 3 is 2.47 bits per heavy atom. The van der Waals surface area contributed by atoms with Gasteiger partial charge in [-0.2, -0.15) is 12.6 Å². The largest absolute Gasteiger partial charge is 0.369 e. The van der Waals surface area contributed by atoms with Gasteiger partial charge < -0.3 is 20.1 Å². The second kappa shape index (κ2) is 9.41. The van der Waals surface area contributed by atoms with E-state index in [9.17, 15) is 0 Å². The summed E-state index contributed by atoms with van der Waals surface area (Å²) in [5.41, 5.74) is 11.0. The molecule has 2 aromatic heterocycles. The van der Waals surface area contributed by atoms with E-state index in [0.29, 0.717) is 11.9 Å². The first kappa shape index (κ1) is 21.7. The van der Waals surface area contributed by atoms with Crippen LogP contribution in [0.25, 0.3) is 11.0 Å². The fraction of sp³-hybridized carbons (Fsp3) is 0.520. The average molecular weight is 451 g/mol. The first-order chi connectivity index (χ1) is 15.6. The SMILES string of the molecule is CN1CCN(c2ccc(Cc3cc4cnc([C@H](N)S)nc4n3C3CCCCC3)cc2)CC1. The van der Waals surface area contributed by atoms with Gasteiger partial charge in [0.1, 0.15) is 11.0 Å². The molecule has 1 atom stereocenters. The summed E-state index contributed by atoms with van der Waals surface area (Å²) in [7, 11) is 2.20. The fourth-order valence-electron chi connectivity index (χ4n) is 5.20. The molecule has 3 aromatic rings. The van der Waals surface area contributed by atoms with Crippen LogP contribution in [0.3, 0.4) is 0 Å². The fourth-order valence-corrected chi connectivity index (χ4v) is 5.32. The summed E-state index contributed by atoms with van der Waals surface area (Å²) < 4.78 is 2.48. The first-order valence-electron chi connectivity index (χ1n) is 11.9. The van der Waals surface area contributed by atoms with Crippen molar-refractivity contribution in [3.05, 3.63) is 53.6 Å². The molecule has 2 aliphatic rings. The molecule has 2 fully saturated rings. The highest BCUT2D eigenvalue weighted by Crippen LogP contribution is 2.34. The van der Waals surface area contributed by atoms with Crippen molar-refractivity contribution < 1.29 is 0 Å². The van der Waals surface area contributed by atoms with Crippen LogP contribution in [0.5, 0.6) is 0 Å². The smallest absolute Gasteiger partial charge is 0.157 e. The molecule has 1 saturated heterocycles. The molecular weight excluding hydrogens is 416 g/mol. The highest BCUT2D eigenvalue weighted by molar-refractivity contribution is 7.80. The lowest BCUT2D eigenvalue weighted by Crippen LogP contribution is -2.44. The molecule has 170 valence electrons. The Morgan fingerprint density at radius 2 is 1.78 bits per heavy atom. The minimum Gasteiger partial charge on any atom is -0.369 e. The Labute approximate surface area is 196 Å². The molecule has 2 N–H and O–H groups in total. The third-order valence-electron chi connectivity index (χ3n) is 7.07. The van der Waals surface area contributed by atoms with Crippen LogP contribution >= 0.6 is 12.6 Å². The number of likely N-dealkylation sites (N-methyl/N-ethyl adjacent to an activating group) is 1. The van der Waals surface area contributed by atoms with Gasteiger partial charge in [0, 0.05) is 61.6 Å². The number of nitrogens with zero attached hydrogens (tertiary/aromatic N) is 5. The minimum absolute atomic E-state index is 0.459. The van der Waals surface area contributed by atoms with Crippen LogP contribution in [-0.2, 0) is 6.42 Å². The molecule has 6 nitrogen and oxygen atoms in total. The van der Waals surface area contributed by atoms with Crippen molar-refractivity contribution in [2.75, 3.05) is 38.1 Å². The van der Waals surface area contributed by atoms with Crippen LogP contribution in [0, 0.1) is 0 Å². The van der Waals surface area contributed by atoms with Gasteiger partial charge in [-0.1, -0.05) is 31.4 Å². The topological polar surface area (TPSA) is 63.2 Å². The van der Waals surface area contributed by atoms with E-state index >= 15 is 0 Å². The molecule has 0 radical (unpaired) electrons. The van der Waals surface area contributed by atoms with Crippen molar-refractivity contribution in [2.24, 2.45) is 5.73 Å². The van der Waals surface area contributed by atoms with E-state index in [0.717, 1.165) is 43.6 Å². The van der Waals surface area contributed by atoms with Crippen molar-refractivity contribution in [2.45, 2.75) is 49.9 Å². The number of hydrogen-bond donors (Lipinski definition) is 2. The molecule has 0 bridgehead atoms. The third kappa shape index (κ3) is 4.51. The molecular formula is C25H34N6S. The second-order valence-corrected chi connectivity index (χ2v) is 9.94. The summed E-state index contributed by atoms with van der Waals surface area (Å²) >= 11 is 4.36.